The van der Waals surface area contributed by atoms with Gasteiger partial charge in [-0.3, -0.25) is 14.9 Å². The van der Waals surface area contributed by atoms with Crippen molar-refractivity contribution < 1.29 is 19.1 Å². The fraction of sp³-hybridized carbons (Fsp3) is 0.333. The molecule has 0 saturated heterocycles. The van der Waals surface area contributed by atoms with Crippen LogP contribution < -0.4 is 10.1 Å². The highest BCUT2D eigenvalue weighted by Gasteiger charge is 2.28. The van der Waals surface area contributed by atoms with Gasteiger partial charge in [-0.05, 0) is 31.5 Å². The van der Waals surface area contributed by atoms with Crippen molar-refractivity contribution in [2.45, 2.75) is 20.3 Å². The first-order valence-electron chi connectivity index (χ1n) is 6.62. The van der Waals surface area contributed by atoms with Crippen molar-refractivity contribution in [1.82, 2.24) is 5.32 Å². The molecule has 106 valence electrons. The molecule has 2 rings (SSSR count). The first-order valence-corrected chi connectivity index (χ1v) is 6.62. The standard InChI is InChI=1S/C15H17NO4/c1-3-7-20-10-5-6-11-12(8-10)13(9-19-4-2)15(18)16-14(11)17/h5-6,8-9H,3-4,7H2,1-2H3,(H,16,17,18)/b13-9-. The first kappa shape index (κ1) is 14.1. The fourth-order valence-electron chi connectivity index (χ4n) is 1.90. The predicted molar refractivity (Wildman–Crippen MR) is 74.3 cm³/mol. The number of hydrogen-bond acceptors (Lipinski definition) is 4. The van der Waals surface area contributed by atoms with E-state index in [2.05, 4.69) is 5.32 Å². The van der Waals surface area contributed by atoms with Gasteiger partial charge in [0.15, 0.2) is 0 Å². The van der Waals surface area contributed by atoms with Crippen molar-refractivity contribution in [3.63, 3.8) is 0 Å². The average Bonchev–Trinajstić information content (AvgIpc) is 2.44. The van der Waals surface area contributed by atoms with Crippen LogP contribution >= 0.6 is 0 Å². The molecule has 0 atom stereocenters. The second kappa shape index (κ2) is 6.23. The summed E-state index contributed by atoms with van der Waals surface area (Å²) in [6.07, 6.45) is 2.27. The Labute approximate surface area is 117 Å². The molecule has 0 aliphatic carbocycles. The van der Waals surface area contributed by atoms with Crippen LogP contribution in [-0.4, -0.2) is 25.0 Å². The summed E-state index contributed by atoms with van der Waals surface area (Å²) in [4.78, 5) is 23.7. The Bertz CT molecular complexity index is 563. The van der Waals surface area contributed by atoms with E-state index in [1.54, 1.807) is 18.2 Å². The summed E-state index contributed by atoms with van der Waals surface area (Å²) in [7, 11) is 0. The van der Waals surface area contributed by atoms with E-state index in [4.69, 9.17) is 9.47 Å². The van der Waals surface area contributed by atoms with Gasteiger partial charge >= 0.3 is 0 Å². The van der Waals surface area contributed by atoms with Crippen molar-refractivity contribution in [2.24, 2.45) is 0 Å². The van der Waals surface area contributed by atoms with Gasteiger partial charge in [0.1, 0.15) is 5.75 Å². The van der Waals surface area contributed by atoms with E-state index >= 15 is 0 Å². The van der Waals surface area contributed by atoms with Crippen molar-refractivity contribution in [1.29, 1.82) is 0 Å². The third kappa shape index (κ3) is 2.82. The summed E-state index contributed by atoms with van der Waals surface area (Å²) in [5.41, 5.74) is 1.32. The number of carbonyl (C=O) groups excluding carboxylic acids is 2. The molecule has 1 aliphatic rings. The average molecular weight is 275 g/mol. The number of benzene rings is 1. The molecule has 1 aromatic carbocycles. The molecule has 1 aromatic rings. The zero-order valence-corrected chi connectivity index (χ0v) is 11.6. The molecule has 0 aromatic heterocycles. The Morgan fingerprint density at radius 3 is 2.65 bits per heavy atom. The summed E-state index contributed by atoms with van der Waals surface area (Å²) in [5.74, 6) is -0.222. The van der Waals surface area contributed by atoms with E-state index in [9.17, 15) is 9.59 Å². The molecule has 1 N–H and O–H groups in total. The second-order valence-electron chi connectivity index (χ2n) is 4.33. The number of fused-ring (bicyclic) bond motifs is 1. The Kier molecular flexibility index (Phi) is 4.40. The fourth-order valence-corrected chi connectivity index (χ4v) is 1.90. The molecule has 1 aliphatic heterocycles. The van der Waals surface area contributed by atoms with Crippen LogP contribution in [0.5, 0.6) is 5.75 Å². The van der Waals surface area contributed by atoms with E-state index < -0.39 is 11.8 Å². The van der Waals surface area contributed by atoms with Crippen LogP contribution in [0.15, 0.2) is 24.5 Å². The molecule has 0 radical (unpaired) electrons. The maximum atomic E-state index is 11.9. The molecule has 2 amide bonds. The molecule has 5 nitrogen and oxygen atoms in total. The van der Waals surface area contributed by atoms with E-state index in [0.717, 1.165) is 6.42 Å². The highest BCUT2D eigenvalue weighted by atomic mass is 16.5. The van der Waals surface area contributed by atoms with Gasteiger partial charge in [0.2, 0.25) is 0 Å². The summed E-state index contributed by atoms with van der Waals surface area (Å²) in [6.45, 7) is 4.87. The van der Waals surface area contributed by atoms with E-state index in [-0.39, 0.29) is 0 Å². The Morgan fingerprint density at radius 2 is 1.95 bits per heavy atom. The number of ether oxygens (including phenoxy) is 2. The molecule has 1 heterocycles. The van der Waals surface area contributed by atoms with Crippen molar-refractivity contribution in [3.05, 3.63) is 35.6 Å². The van der Waals surface area contributed by atoms with Gasteiger partial charge in [0.25, 0.3) is 11.8 Å². The van der Waals surface area contributed by atoms with E-state index in [0.29, 0.717) is 35.7 Å². The van der Waals surface area contributed by atoms with Crippen LogP contribution in [0, 0.1) is 0 Å². The van der Waals surface area contributed by atoms with Crippen molar-refractivity contribution in [3.8, 4) is 5.75 Å². The summed E-state index contributed by atoms with van der Waals surface area (Å²) in [6, 6.07) is 5.08. The van der Waals surface area contributed by atoms with Crippen LogP contribution in [0.1, 0.15) is 36.2 Å². The van der Waals surface area contributed by atoms with Gasteiger partial charge in [-0.2, -0.15) is 0 Å². The zero-order chi connectivity index (χ0) is 14.5. The van der Waals surface area contributed by atoms with Crippen LogP contribution in [0.25, 0.3) is 5.57 Å². The third-order valence-electron chi connectivity index (χ3n) is 2.84. The lowest BCUT2D eigenvalue weighted by molar-refractivity contribution is -0.114. The molecule has 5 heteroatoms. The number of nitrogens with one attached hydrogen (secondary N) is 1. The Balaban J connectivity index is 2.42. The van der Waals surface area contributed by atoms with E-state index in [1.807, 2.05) is 13.8 Å². The molecule has 20 heavy (non-hydrogen) atoms. The van der Waals surface area contributed by atoms with Gasteiger partial charge in [-0.15, -0.1) is 0 Å². The lowest BCUT2D eigenvalue weighted by Crippen LogP contribution is -2.36. The Hall–Kier alpha value is -2.30. The van der Waals surface area contributed by atoms with Crippen molar-refractivity contribution in [2.75, 3.05) is 13.2 Å². The molecular formula is C15H17NO4. The lowest BCUT2D eigenvalue weighted by Gasteiger charge is -2.19. The molecule has 0 bridgehead atoms. The van der Waals surface area contributed by atoms with E-state index in [1.165, 1.54) is 6.26 Å². The SMILES string of the molecule is CCCOc1ccc2c(c1)/C(=C/OCC)C(=O)NC2=O. The lowest BCUT2D eigenvalue weighted by atomic mass is 9.95. The highest BCUT2D eigenvalue weighted by Crippen LogP contribution is 2.28. The number of carbonyl (C=O) groups is 2. The van der Waals surface area contributed by atoms with Crippen LogP contribution in [-0.2, 0) is 9.53 Å². The quantitative estimate of drug-likeness (QED) is 0.508. The van der Waals surface area contributed by atoms with Crippen molar-refractivity contribution >= 4 is 17.4 Å². The second-order valence-corrected chi connectivity index (χ2v) is 4.33. The molecule has 0 unspecified atom stereocenters. The smallest absolute Gasteiger partial charge is 0.261 e. The van der Waals surface area contributed by atoms with Crippen LogP contribution in [0.4, 0.5) is 0 Å². The summed E-state index contributed by atoms with van der Waals surface area (Å²) < 4.78 is 10.7. The minimum absolute atomic E-state index is 0.336. The van der Waals surface area contributed by atoms with Gasteiger partial charge in [0.05, 0.1) is 25.0 Å². The first-order chi connectivity index (χ1) is 9.67. The summed E-state index contributed by atoms with van der Waals surface area (Å²) >= 11 is 0. The summed E-state index contributed by atoms with van der Waals surface area (Å²) in [5, 5.41) is 2.29. The Morgan fingerprint density at radius 1 is 1.15 bits per heavy atom. The predicted octanol–water partition coefficient (Wildman–Crippen LogP) is 2.12. The molecule has 0 saturated carbocycles. The molecular weight excluding hydrogens is 258 g/mol. The third-order valence-corrected chi connectivity index (χ3v) is 2.84. The minimum Gasteiger partial charge on any atom is -0.501 e. The van der Waals surface area contributed by atoms with Crippen LogP contribution in [0.2, 0.25) is 0 Å². The van der Waals surface area contributed by atoms with Gasteiger partial charge < -0.3 is 9.47 Å². The number of imide groups is 1. The number of amides is 2. The maximum absolute atomic E-state index is 11.9. The number of rotatable bonds is 5. The number of hydrogen-bond donors (Lipinski definition) is 1. The zero-order valence-electron chi connectivity index (χ0n) is 11.6. The van der Waals surface area contributed by atoms with Gasteiger partial charge in [-0.1, -0.05) is 6.92 Å². The van der Waals surface area contributed by atoms with Gasteiger partial charge in [0, 0.05) is 11.1 Å². The maximum Gasteiger partial charge on any atom is 0.261 e. The van der Waals surface area contributed by atoms with Crippen LogP contribution in [0.3, 0.4) is 0 Å². The van der Waals surface area contributed by atoms with Gasteiger partial charge in [-0.25, -0.2) is 0 Å². The largest absolute Gasteiger partial charge is 0.501 e. The monoisotopic (exact) mass is 275 g/mol. The topological polar surface area (TPSA) is 64.6 Å². The molecule has 0 spiro atoms. The normalized spacial score (nSPS) is 15.8. The molecule has 0 fully saturated rings. The highest BCUT2D eigenvalue weighted by molar-refractivity contribution is 6.30. The minimum atomic E-state index is -0.455.